The number of rotatable bonds is 4. The van der Waals surface area contributed by atoms with Crippen molar-refractivity contribution in [3.05, 3.63) is 88.7 Å². The lowest BCUT2D eigenvalue weighted by atomic mass is 10.0. The molecule has 1 amide bonds. The van der Waals surface area contributed by atoms with Crippen molar-refractivity contribution in [1.29, 1.82) is 0 Å². The van der Waals surface area contributed by atoms with Gasteiger partial charge in [0.2, 0.25) is 0 Å². The first-order chi connectivity index (χ1) is 17.9. The summed E-state index contributed by atoms with van der Waals surface area (Å²) in [4.78, 5) is 13.5. The van der Waals surface area contributed by atoms with Crippen molar-refractivity contribution in [1.82, 2.24) is 14.1 Å². The lowest BCUT2D eigenvalue weighted by molar-refractivity contribution is -0.141. The normalized spacial score (nSPS) is 15.8. The van der Waals surface area contributed by atoms with E-state index >= 15 is 0 Å². The Balaban J connectivity index is 1.45. The molecular formula is C25H21ClF3N5O3S. The molecule has 1 aliphatic heterocycles. The summed E-state index contributed by atoms with van der Waals surface area (Å²) < 4.78 is 63.9. The molecule has 5 rings (SSSR count). The number of alkyl halides is 3. The molecule has 1 aromatic heterocycles. The number of nitrogens with one attached hydrogen (secondary N) is 1. The van der Waals surface area contributed by atoms with Crippen LogP contribution in [0.1, 0.15) is 21.7 Å². The van der Waals surface area contributed by atoms with Crippen LogP contribution in [-0.2, 0) is 12.7 Å². The number of nitrogens with two attached hydrogens (primary N) is 1. The second-order valence-corrected chi connectivity index (χ2v) is 11.1. The average Bonchev–Trinajstić information content (AvgIpc) is 3.41. The molecule has 2 heterocycles. The maximum atomic E-state index is 13.4. The molecule has 0 bridgehead atoms. The predicted molar refractivity (Wildman–Crippen MR) is 140 cm³/mol. The van der Waals surface area contributed by atoms with E-state index in [0.717, 1.165) is 10.2 Å². The molecule has 0 aliphatic carbocycles. The number of fused-ring (bicyclic) bond motifs is 1. The van der Waals surface area contributed by atoms with E-state index in [-0.39, 0.29) is 22.1 Å². The van der Waals surface area contributed by atoms with Crippen LogP contribution in [0.3, 0.4) is 0 Å². The Morgan fingerprint density at radius 1 is 1.11 bits per heavy atom. The fourth-order valence-corrected chi connectivity index (χ4v) is 5.93. The summed E-state index contributed by atoms with van der Waals surface area (Å²) in [5.74, 6) is -0.828. The van der Waals surface area contributed by atoms with Crippen molar-refractivity contribution in [2.45, 2.75) is 17.6 Å². The molecule has 1 aliphatic rings. The maximum absolute atomic E-state index is 13.4. The van der Waals surface area contributed by atoms with Crippen LogP contribution in [0.4, 0.5) is 24.5 Å². The lowest BCUT2D eigenvalue weighted by Gasteiger charge is -2.35. The van der Waals surface area contributed by atoms with Crippen molar-refractivity contribution >= 4 is 39.7 Å². The zero-order valence-electron chi connectivity index (χ0n) is 19.7. The first-order valence-electron chi connectivity index (χ1n) is 11.1. The number of amides is 1. The number of halogens is 4. The Morgan fingerprint density at radius 3 is 2.47 bits per heavy atom. The molecule has 4 aromatic rings. The van der Waals surface area contributed by atoms with E-state index in [1.54, 1.807) is 37.4 Å². The minimum absolute atomic E-state index is 0.116. The van der Waals surface area contributed by atoms with Crippen LogP contribution in [-0.4, -0.2) is 36.1 Å². The lowest BCUT2D eigenvalue weighted by Crippen LogP contribution is -2.17. The quantitative estimate of drug-likeness (QED) is 0.210. The smallest absolute Gasteiger partial charge is 0.397 e. The van der Waals surface area contributed by atoms with Crippen LogP contribution in [0, 0.1) is 0 Å². The third-order valence-electron chi connectivity index (χ3n) is 6.11. The number of nitrogens with zero attached hydrogens (tertiary/aromatic N) is 3. The summed E-state index contributed by atoms with van der Waals surface area (Å²) >= 11 is 5.92. The van der Waals surface area contributed by atoms with Crippen LogP contribution in [0.2, 0.25) is 5.02 Å². The molecular weight excluding hydrogens is 543 g/mol. The first-order valence-corrected chi connectivity index (χ1v) is 13.0. The molecule has 13 heteroatoms. The molecule has 0 unspecified atom stereocenters. The van der Waals surface area contributed by atoms with E-state index in [0.29, 0.717) is 34.3 Å². The van der Waals surface area contributed by atoms with Crippen molar-refractivity contribution in [3.8, 4) is 16.8 Å². The van der Waals surface area contributed by atoms with Gasteiger partial charge in [0.1, 0.15) is 5.69 Å². The van der Waals surface area contributed by atoms with Crippen LogP contribution in [0.15, 0.2) is 71.6 Å². The van der Waals surface area contributed by atoms with E-state index in [9.17, 15) is 27.1 Å². The molecule has 0 saturated heterocycles. The Hall–Kier alpha value is -3.55. The van der Waals surface area contributed by atoms with Crippen LogP contribution >= 0.6 is 22.4 Å². The highest BCUT2D eigenvalue weighted by atomic mass is 35.5. The molecule has 0 saturated carbocycles. The summed E-state index contributed by atoms with van der Waals surface area (Å²) in [5, 5.41) is 6.37. The maximum Gasteiger partial charge on any atom is 0.435 e. The number of nitrogen functional groups attached to an aromatic ring is 1. The second-order valence-electron chi connectivity index (χ2n) is 8.66. The number of benzene rings is 3. The van der Waals surface area contributed by atoms with Crippen molar-refractivity contribution < 1.29 is 27.1 Å². The highest BCUT2D eigenvalue weighted by molar-refractivity contribution is 8.22. The van der Waals surface area contributed by atoms with Gasteiger partial charge in [-0.1, -0.05) is 41.9 Å². The Morgan fingerprint density at radius 2 is 1.82 bits per heavy atom. The highest BCUT2D eigenvalue weighted by Crippen LogP contribution is 2.60. The van der Waals surface area contributed by atoms with Gasteiger partial charge in [0.15, 0.2) is 5.69 Å². The van der Waals surface area contributed by atoms with Crippen LogP contribution in [0.5, 0.6) is 0 Å². The number of anilines is 2. The number of carbonyl (C=O) groups excluding carboxylic acids is 1. The third kappa shape index (κ3) is 4.61. The minimum Gasteiger partial charge on any atom is -0.397 e. The molecule has 198 valence electrons. The Bertz CT molecular complexity index is 1560. The first kappa shape index (κ1) is 26.1. The number of hydrogen-bond acceptors (Lipinski definition) is 6. The van der Waals surface area contributed by atoms with Gasteiger partial charge in [-0.15, -0.1) is 10.8 Å². The number of carbonyl (C=O) groups is 1. The van der Waals surface area contributed by atoms with E-state index in [1.165, 1.54) is 22.5 Å². The van der Waals surface area contributed by atoms with Crippen LogP contribution in [0.25, 0.3) is 16.8 Å². The fourth-order valence-electron chi connectivity index (χ4n) is 4.22. The largest absolute Gasteiger partial charge is 0.435 e. The molecule has 0 spiro atoms. The molecule has 8 nitrogen and oxygen atoms in total. The van der Waals surface area contributed by atoms with Gasteiger partial charge in [0.25, 0.3) is 5.91 Å². The van der Waals surface area contributed by atoms with Gasteiger partial charge >= 0.3 is 6.18 Å². The van der Waals surface area contributed by atoms with E-state index < -0.39 is 28.6 Å². The molecule has 0 fully saturated rings. The van der Waals surface area contributed by atoms with Gasteiger partial charge < -0.3 is 11.1 Å². The van der Waals surface area contributed by atoms with Crippen molar-refractivity contribution in [2.75, 3.05) is 18.1 Å². The van der Waals surface area contributed by atoms with Gasteiger partial charge in [-0.3, -0.25) is 13.9 Å². The van der Waals surface area contributed by atoms with Gasteiger partial charge in [0, 0.05) is 30.9 Å². The molecule has 38 heavy (non-hydrogen) atoms. The SMILES string of the molecule is CN1Cc2cccc(-c3ccc(NC(=O)c4cc(C(F)(F)F)nn4-c4ccc(Cl)c(N)c4)cc3)c2S1(O)O. The van der Waals surface area contributed by atoms with Gasteiger partial charge in [0.05, 0.1) is 21.3 Å². The van der Waals surface area contributed by atoms with Gasteiger partial charge in [-0.2, -0.15) is 18.3 Å². The number of hydrogen-bond donors (Lipinski definition) is 4. The summed E-state index contributed by atoms with van der Waals surface area (Å²) in [6.45, 7) is 0.395. The van der Waals surface area contributed by atoms with Crippen LogP contribution < -0.4 is 11.1 Å². The van der Waals surface area contributed by atoms with Crippen molar-refractivity contribution in [2.24, 2.45) is 0 Å². The summed E-state index contributed by atoms with van der Waals surface area (Å²) in [7, 11) is -1.50. The van der Waals surface area contributed by atoms with Crippen molar-refractivity contribution in [3.63, 3.8) is 0 Å². The zero-order valence-corrected chi connectivity index (χ0v) is 21.3. The Labute approximate surface area is 221 Å². The van der Waals surface area contributed by atoms with E-state index in [4.69, 9.17) is 17.3 Å². The highest BCUT2D eigenvalue weighted by Gasteiger charge is 2.37. The molecule has 0 radical (unpaired) electrons. The summed E-state index contributed by atoms with van der Waals surface area (Å²) in [5.41, 5.74) is 6.87. The van der Waals surface area contributed by atoms with Gasteiger partial charge in [-0.05, 0) is 41.5 Å². The van der Waals surface area contributed by atoms with E-state index in [2.05, 4.69) is 10.4 Å². The standard InChI is InChI=1S/C25H21ClF3N5O3S/c1-33-13-15-3-2-4-18(23(15)38(33,36)37)14-5-7-16(8-6-14)31-24(35)21-12-22(25(27,28)29)32-34(21)17-9-10-19(26)20(30)11-17/h2-12,36-37H,13,30H2,1H3,(H,31,35). The monoisotopic (exact) mass is 563 g/mol. The molecule has 3 aromatic carbocycles. The molecule has 5 N–H and O–H groups in total. The topological polar surface area (TPSA) is 117 Å². The predicted octanol–water partition coefficient (Wildman–Crippen LogP) is 6.52. The molecule has 0 atom stereocenters. The third-order valence-corrected chi connectivity index (χ3v) is 8.48. The zero-order chi connectivity index (χ0) is 27.4. The number of aromatic nitrogens is 2. The minimum atomic E-state index is -4.78. The fraction of sp³-hybridized carbons (Fsp3) is 0.120. The van der Waals surface area contributed by atoms with Gasteiger partial charge in [-0.25, -0.2) is 8.99 Å². The summed E-state index contributed by atoms with van der Waals surface area (Å²) in [6, 6.07) is 16.7. The van der Waals surface area contributed by atoms with E-state index in [1.807, 2.05) is 12.1 Å². The summed E-state index contributed by atoms with van der Waals surface area (Å²) in [6.07, 6.45) is -4.78. The Kier molecular flexibility index (Phi) is 6.40. The average molecular weight is 564 g/mol. The second kappa shape index (κ2) is 9.33.